The lowest BCUT2D eigenvalue weighted by molar-refractivity contribution is -0.402. The van der Waals surface area contributed by atoms with Crippen LogP contribution in [-0.2, 0) is 56.8 Å². The third-order valence-corrected chi connectivity index (χ3v) is 12.6. The lowest BCUT2D eigenvalue weighted by Gasteiger charge is -2.50. The molecule has 0 aromatic carbocycles. The van der Waals surface area contributed by atoms with Gasteiger partial charge in [0.1, 0.15) is 110 Å². The first kappa shape index (κ1) is 52.1. The molecule has 0 spiro atoms. The molecule has 0 radical (unpaired) electrons. The zero-order chi connectivity index (χ0) is 47.2. The molecule has 372 valence electrons. The van der Waals surface area contributed by atoms with Gasteiger partial charge in [0, 0.05) is 0 Å². The van der Waals surface area contributed by atoms with Crippen LogP contribution in [0.2, 0.25) is 0 Å². The van der Waals surface area contributed by atoms with Crippen LogP contribution in [0.25, 0.3) is 0 Å². The van der Waals surface area contributed by atoms with E-state index in [9.17, 15) is 66.4 Å². The van der Waals surface area contributed by atoms with Crippen molar-refractivity contribution in [2.75, 3.05) is 6.61 Å². The smallest absolute Gasteiger partial charge is 0.187 e. The number of hydrogen-bond acceptors (Lipinski definition) is 25. The highest BCUT2D eigenvalue weighted by Crippen LogP contribution is 2.37. The van der Waals surface area contributed by atoms with E-state index in [1.165, 1.54) is 47.6 Å². The van der Waals surface area contributed by atoms with E-state index in [0.717, 1.165) is 0 Å². The van der Waals surface area contributed by atoms with E-state index >= 15 is 0 Å². The van der Waals surface area contributed by atoms with Crippen LogP contribution in [0, 0.1) is 0 Å². The van der Waals surface area contributed by atoms with Gasteiger partial charge in [-0.3, -0.25) is 0 Å². The summed E-state index contributed by atoms with van der Waals surface area (Å²) in [5, 5.41) is 142. The van der Waals surface area contributed by atoms with Gasteiger partial charge in [-0.15, -0.1) is 6.58 Å². The molecule has 0 aromatic rings. The summed E-state index contributed by atoms with van der Waals surface area (Å²) in [6, 6.07) is 0. The molecule has 6 saturated heterocycles. The quantitative estimate of drug-likeness (QED) is 0.0764. The Morgan fingerprint density at radius 3 is 0.969 bits per heavy atom. The summed E-state index contributed by atoms with van der Waals surface area (Å²) in [5.74, 6) is 0. The summed E-state index contributed by atoms with van der Waals surface area (Å²) in [6.07, 6.45) is -45.6. The Morgan fingerprint density at radius 2 is 0.578 bits per heavy atom. The van der Waals surface area contributed by atoms with Crippen molar-refractivity contribution in [3.8, 4) is 0 Å². The third-order valence-electron chi connectivity index (χ3n) is 12.6. The lowest BCUT2D eigenvalue weighted by Crippen LogP contribution is -2.67. The molecule has 25 nitrogen and oxygen atoms in total. The summed E-state index contributed by atoms with van der Waals surface area (Å²) in [7, 11) is 0. The van der Waals surface area contributed by atoms with E-state index in [0.29, 0.717) is 0 Å². The highest BCUT2D eigenvalue weighted by atomic mass is 16.8. The fraction of sp³-hybridized carbons (Fsp3) is 0.949. The highest BCUT2D eigenvalue weighted by Gasteiger charge is 2.57. The first-order chi connectivity index (χ1) is 30.1. The van der Waals surface area contributed by atoms with E-state index in [1.54, 1.807) is 0 Å². The first-order valence-corrected chi connectivity index (χ1v) is 21.3. The van der Waals surface area contributed by atoms with Crippen LogP contribution in [0.15, 0.2) is 12.7 Å². The minimum Gasteiger partial charge on any atom is -0.388 e. The lowest BCUT2D eigenvalue weighted by atomic mass is 9.96. The Bertz CT molecular complexity index is 1490. The molecular weight excluding hydrogens is 868 g/mol. The molecule has 0 unspecified atom stereocenters. The molecule has 6 fully saturated rings. The van der Waals surface area contributed by atoms with Crippen LogP contribution < -0.4 is 0 Å². The largest absolute Gasteiger partial charge is 0.388 e. The predicted octanol–water partition coefficient (Wildman–Crippen LogP) is -6.72. The minimum absolute atomic E-state index is 0.0504. The SMILES string of the molecule is C=CCO[C@@H]1O[C@@H](C)[C@H](O)[C@@H](O)[C@H]1O[C@@H]1O[C@@H](C)[C@H](O)[C@@H](O)[C@H]1O[C@@H]1O[C@@H](C)[C@H](O)[C@@H](O[C@@H]2O[C@@H](C)[C@H](O)[C@@H](O[C@@H]3O[C@@H](C)[C@H](O)[C@@H](O)[C@H]3O[C@@H]3O[C@@H](C)[C@H](O)[C@@H](O)[C@H]3O)[C@H]2O)[C@H]1O. The first-order valence-electron chi connectivity index (χ1n) is 21.3. The van der Waals surface area contributed by atoms with Gasteiger partial charge >= 0.3 is 0 Å². The van der Waals surface area contributed by atoms with Crippen molar-refractivity contribution in [3.63, 3.8) is 0 Å². The van der Waals surface area contributed by atoms with Crippen molar-refractivity contribution in [2.24, 2.45) is 0 Å². The van der Waals surface area contributed by atoms with E-state index in [-0.39, 0.29) is 6.61 Å². The van der Waals surface area contributed by atoms with Gasteiger partial charge in [-0.25, -0.2) is 0 Å². The Morgan fingerprint density at radius 1 is 0.312 bits per heavy atom. The maximum atomic E-state index is 11.7. The van der Waals surface area contributed by atoms with Crippen molar-refractivity contribution in [2.45, 2.75) is 226 Å². The molecule has 0 bridgehead atoms. The molecule has 6 rings (SSSR count). The van der Waals surface area contributed by atoms with E-state index in [4.69, 9.17) is 56.8 Å². The zero-order valence-corrected chi connectivity index (χ0v) is 36.0. The zero-order valence-electron chi connectivity index (χ0n) is 36.0. The summed E-state index contributed by atoms with van der Waals surface area (Å²) >= 11 is 0. The van der Waals surface area contributed by atoms with Gasteiger partial charge in [-0.2, -0.15) is 0 Å². The summed E-state index contributed by atoms with van der Waals surface area (Å²) in [4.78, 5) is 0. The second-order valence-corrected chi connectivity index (χ2v) is 17.3. The van der Waals surface area contributed by atoms with E-state index in [1.807, 2.05) is 0 Å². The normalized spacial score (nSPS) is 55.2. The molecule has 6 heterocycles. The molecule has 0 aliphatic carbocycles. The van der Waals surface area contributed by atoms with E-state index in [2.05, 4.69) is 6.58 Å². The number of aliphatic hydroxyl groups is 13. The van der Waals surface area contributed by atoms with Crippen LogP contribution in [0.3, 0.4) is 0 Å². The maximum absolute atomic E-state index is 11.7. The van der Waals surface area contributed by atoms with Gasteiger partial charge in [0.2, 0.25) is 0 Å². The van der Waals surface area contributed by atoms with Crippen molar-refractivity contribution in [3.05, 3.63) is 12.7 Å². The summed E-state index contributed by atoms with van der Waals surface area (Å²) < 4.78 is 69.8. The molecular formula is C39H66O25. The second-order valence-electron chi connectivity index (χ2n) is 17.3. The van der Waals surface area contributed by atoms with Gasteiger partial charge in [-0.05, 0) is 41.5 Å². The Hall–Kier alpha value is -1.26. The number of hydrogen-bond donors (Lipinski definition) is 13. The maximum Gasteiger partial charge on any atom is 0.187 e. The molecule has 0 amide bonds. The molecule has 6 aliphatic heterocycles. The number of rotatable bonds is 13. The topological polar surface area (TPSA) is 374 Å². The fourth-order valence-corrected chi connectivity index (χ4v) is 8.40. The predicted molar refractivity (Wildman–Crippen MR) is 205 cm³/mol. The third kappa shape index (κ3) is 10.6. The Balaban J connectivity index is 1.19. The molecule has 25 heteroatoms. The van der Waals surface area contributed by atoms with Gasteiger partial charge < -0.3 is 123 Å². The average molecular weight is 935 g/mol. The van der Waals surface area contributed by atoms with Crippen molar-refractivity contribution in [1.29, 1.82) is 0 Å². The minimum atomic E-state index is -1.97. The highest BCUT2D eigenvalue weighted by molar-refractivity contribution is 4.98. The second kappa shape index (κ2) is 21.6. The molecule has 30 atom stereocenters. The number of aliphatic hydroxyl groups excluding tert-OH is 13. The summed E-state index contributed by atoms with van der Waals surface area (Å²) in [6.45, 7) is 12.0. The monoisotopic (exact) mass is 934 g/mol. The van der Waals surface area contributed by atoms with Crippen LogP contribution in [0.4, 0.5) is 0 Å². The fourth-order valence-electron chi connectivity index (χ4n) is 8.40. The Labute approximate surface area is 368 Å². The van der Waals surface area contributed by atoms with Crippen LogP contribution in [0.5, 0.6) is 0 Å². The number of ether oxygens (including phenoxy) is 12. The average Bonchev–Trinajstić information content (AvgIpc) is 3.25. The van der Waals surface area contributed by atoms with Crippen molar-refractivity contribution in [1.82, 2.24) is 0 Å². The van der Waals surface area contributed by atoms with Crippen LogP contribution in [-0.4, -0.2) is 257 Å². The van der Waals surface area contributed by atoms with E-state index < -0.39 is 184 Å². The van der Waals surface area contributed by atoms with Gasteiger partial charge in [-0.1, -0.05) is 6.08 Å². The molecule has 0 saturated carbocycles. The van der Waals surface area contributed by atoms with Crippen molar-refractivity contribution >= 4 is 0 Å². The molecule has 13 N–H and O–H groups in total. The summed E-state index contributed by atoms with van der Waals surface area (Å²) in [5.41, 5.74) is 0. The van der Waals surface area contributed by atoms with Gasteiger partial charge in [0.15, 0.2) is 37.7 Å². The standard InChI is InChI=1S/C39H66O25/c1-8-9-53-37-31(23(47)17(41)11(3)57-37)64-39-33(25(49)19(43)13(5)59-39)63-36-27(51)29(20(44)14(6)56-36)60-35-28(52)30(21(45)15(7)55-35)61-38-32(24(48)18(42)12(4)58-38)62-34-26(50)22(46)16(40)10(2)54-34/h8,10-52H,1,9H2,2-7H3/t10-,11-,12-,13-,14-,15-,16-,17-,18-,19-,20-,21-,22+,23+,24+,25+,26+,27+,28+,29+,30+,31+,32+,33+,34-,35-,36-,37+,38-,39-/m0/s1. The molecule has 6 aliphatic rings. The Kier molecular flexibility index (Phi) is 17.6. The van der Waals surface area contributed by atoms with Crippen molar-refractivity contribution < 1.29 is 123 Å². The van der Waals surface area contributed by atoms with Gasteiger partial charge in [0.25, 0.3) is 0 Å². The van der Waals surface area contributed by atoms with Crippen LogP contribution in [0.1, 0.15) is 41.5 Å². The molecule has 0 aromatic heterocycles. The van der Waals surface area contributed by atoms with Gasteiger partial charge in [0.05, 0.1) is 43.2 Å². The molecule has 64 heavy (non-hydrogen) atoms. The van der Waals surface area contributed by atoms with Crippen LogP contribution >= 0.6 is 0 Å².